The van der Waals surface area contributed by atoms with E-state index >= 15 is 0 Å². The summed E-state index contributed by atoms with van der Waals surface area (Å²) in [4.78, 5) is 16.5. The maximum atomic E-state index is 12.2. The van der Waals surface area contributed by atoms with Gasteiger partial charge >= 0.3 is 0 Å². The van der Waals surface area contributed by atoms with Crippen molar-refractivity contribution in [3.63, 3.8) is 0 Å². The number of nitrogens with two attached hydrogens (primary N) is 1. The minimum atomic E-state index is -0.510. The van der Waals surface area contributed by atoms with Crippen LogP contribution in [0.3, 0.4) is 0 Å². The minimum absolute atomic E-state index is 0.133. The zero-order valence-corrected chi connectivity index (χ0v) is 13.2. The van der Waals surface area contributed by atoms with Crippen molar-refractivity contribution in [1.82, 2.24) is 10.3 Å². The third-order valence-corrected chi connectivity index (χ3v) is 4.42. The second-order valence-electron chi connectivity index (χ2n) is 5.58. The molecule has 0 aliphatic carbocycles. The number of nitrogens with one attached hydrogen (secondary N) is 1. The number of aryl methyl sites for hydroxylation is 1. The molecule has 0 spiro atoms. The van der Waals surface area contributed by atoms with Crippen LogP contribution in [0.2, 0.25) is 0 Å². The van der Waals surface area contributed by atoms with Gasteiger partial charge in [-0.1, -0.05) is 30.3 Å². The van der Waals surface area contributed by atoms with Crippen LogP contribution in [0.1, 0.15) is 30.8 Å². The highest BCUT2D eigenvalue weighted by atomic mass is 32.1. The van der Waals surface area contributed by atoms with E-state index in [0.717, 1.165) is 11.4 Å². The second kappa shape index (κ2) is 6.83. The van der Waals surface area contributed by atoms with Crippen LogP contribution >= 0.6 is 11.3 Å². The molecule has 4 nitrogen and oxygen atoms in total. The highest BCUT2D eigenvalue weighted by Crippen LogP contribution is 2.22. The fourth-order valence-electron chi connectivity index (χ4n) is 2.08. The molecule has 0 saturated heterocycles. The number of nitrogens with zero attached hydrogens (tertiary/aromatic N) is 1. The quantitative estimate of drug-likeness (QED) is 0.861. The highest BCUT2D eigenvalue weighted by Gasteiger charge is 2.27. The second-order valence-corrected chi connectivity index (χ2v) is 6.48. The number of hydrogen-bond acceptors (Lipinski definition) is 4. The van der Waals surface area contributed by atoms with Gasteiger partial charge in [0.15, 0.2) is 0 Å². The van der Waals surface area contributed by atoms with E-state index in [-0.39, 0.29) is 5.91 Å². The summed E-state index contributed by atoms with van der Waals surface area (Å²) in [7, 11) is 0. The van der Waals surface area contributed by atoms with Gasteiger partial charge in [-0.25, -0.2) is 4.98 Å². The number of rotatable bonds is 6. The molecule has 0 bridgehead atoms. The Labute approximate surface area is 129 Å². The van der Waals surface area contributed by atoms with E-state index in [1.807, 2.05) is 49.6 Å². The standard InChI is InChI=1S/C16H21N3OS/c1-16(2,15-18-10-11-21-15)19-14(20)13(17)9-8-12-6-4-3-5-7-12/h3-7,10-11,13H,8-9,17H2,1-2H3,(H,19,20). The Morgan fingerprint density at radius 2 is 2.10 bits per heavy atom. The molecule has 0 saturated carbocycles. The van der Waals surface area contributed by atoms with Crippen LogP contribution in [0.25, 0.3) is 0 Å². The van der Waals surface area contributed by atoms with Gasteiger partial charge in [-0.2, -0.15) is 0 Å². The Morgan fingerprint density at radius 3 is 2.71 bits per heavy atom. The number of amides is 1. The molecule has 0 fully saturated rings. The topological polar surface area (TPSA) is 68.0 Å². The van der Waals surface area contributed by atoms with E-state index in [2.05, 4.69) is 10.3 Å². The third kappa shape index (κ3) is 4.37. The van der Waals surface area contributed by atoms with Crippen molar-refractivity contribution >= 4 is 17.2 Å². The lowest BCUT2D eigenvalue weighted by molar-refractivity contribution is -0.124. The lowest BCUT2D eigenvalue weighted by atomic mass is 10.0. The summed E-state index contributed by atoms with van der Waals surface area (Å²) in [5.41, 5.74) is 6.70. The Hall–Kier alpha value is -1.72. The van der Waals surface area contributed by atoms with Crippen LogP contribution in [-0.4, -0.2) is 16.9 Å². The lowest BCUT2D eigenvalue weighted by Gasteiger charge is -2.25. The molecule has 112 valence electrons. The molecule has 5 heteroatoms. The first-order valence-electron chi connectivity index (χ1n) is 7.00. The molecule has 3 N–H and O–H groups in total. The molecule has 2 aromatic rings. The van der Waals surface area contributed by atoms with Gasteiger partial charge in [-0.05, 0) is 32.3 Å². The maximum absolute atomic E-state index is 12.2. The number of thiazole rings is 1. The van der Waals surface area contributed by atoms with Gasteiger partial charge in [-0.3, -0.25) is 4.79 Å². The van der Waals surface area contributed by atoms with Crippen molar-refractivity contribution < 1.29 is 4.79 Å². The number of carbonyl (C=O) groups excluding carboxylic acids is 1. The predicted octanol–water partition coefficient (Wildman–Crippen LogP) is 2.45. The fourth-order valence-corrected chi connectivity index (χ4v) is 2.80. The minimum Gasteiger partial charge on any atom is -0.343 e. The van der Waals surface area contributed by atoms with Crippen molar-refractivity contribution in [2.75, 3.05) is 0 Å². The van der Waals surface area contributed by atoms with Crippen LogP contribution in [0.15, 0.2) is 41.9 Å². The van der Waals surface area contributed by atoms with Gasteiger partial charge in [0, 0.05) is 11.6 Å². The molecule has 1 unspecified atom stereocenters. The van der Waals surface area contributed by atoms with Crippen LogP contribution in [0.5, 0.6) is 0 Å². The normalized spacial score (nSPS) is 12.9. The monoisotopic (exact) mass is 303 g/mol. The molecule has 0 radical (unpaired) electrons. The van der Waals surface area contributed by atoms with E-state index in [4.69, 9.17) is 5.73 Å². The molecule has 1 amide bonds. The van der Waals surface area contributed by atoms with E-state index in [9.17, 15) is 4.79 Å². The predicted molar refractivity (Wildman–Crippen MR) is 86.0 cm³/mol. The lowest BCUT2D eigenvalue weighted by Crippen LogP contribution is -2.49. The van der Waals surface area contributed by atoms with E-state index in [1.165, 1.54) is 16.9 Å². The molecular weight excluding hydrogens is 282 g/mol. The smallest absolute Gasteiger partial charge is 0.237 e. The van der Waals surface area contributed by atoms with Crippen molar-refractivity contribution in [3.05, 3.63) is 52.5 Å². The number of hydrogen-bond donors (Lipinski definition) is 2. The summed E-state index contributed by atoms with van der Waals surface area (Å²) in [5, 5.41) is 5.76. The Morgan fingerprint density at radius 1 is 1.38 bits per heavy atom. The molecule has 1 atom stereocenters. The van der Waals surface area contributed by atoms with Crippen molar-refractivity contribution in [1.29, 1.82) is 0 Å². The zero-order valence-electron chi connectivity index (χ0n) is 12.4. The first kappa shape index (κ1) is 15.7. The largest absolute Gasteiger partial charge is 0.343 e. The maximum Gasteiger partial charge on any atom is 0.237 e. The average molecular weight is 303 g/mol. The van der Waals surface area contributed by atoms with Gasteiger partial charge in [-0.15, -0.1) is 11.3 Å². The van der Waals surface area contributed by atoms with E-state index in [1.54, 1.807) is 6.20 Å². The van der Waals surface area contributed by atoms with Crippen LogP contribution in [0.4, 0.5) is 0 Å². The highest BCUT2D eigenvalue weighted by molar-refractivity contribution is 7.09. The summed E-state index contributed by atoms with van der Waals surface area (Å²) in [6.07, 6.45) is 3.17. The van der Waals surface area contributed by atoms with Crippen molar-refractivity contribution in [2.24, 2.45) is 5.73 Å². The summed E-state index contributed by atoms with van der Waals surface area (Å²) in [6, 6.07) is 9.55. The van der Waals surface area contributed by atoms with Gasteiger partial charge in [0.2, 0.25) is 5.91 Å². The number of carbonyl (C=O) groups is 1. The van der Waals surface area contributed by atoms with E-state index < -0.39 is 11.6 Å². The van der Waals surface area contributed by atoms with Gasteiger partial charge in [0.05, 0.1) is 11.6 Å². The van der Waals surface area contributed by atoms with Crippen LogP contribution < -0.4 is 11.1 Å². The third-order valence-electron chi connectivity index (χ3n) is 3.33. The summed E-state index contributed by atoms with van der Waals surface area (Å²) >= 11 is 1.53. The SMILES string of the molecule is CC(C)(NC(=O)C(N)CCc1ccccc1)c1nccs1. The molecule has 21 heavy (non-hydrogen) atoms. The van der Waals surface area contributed by atoms with Crippen LogP contribution in [-0.2, 0) is 16.8 Å². The molecule has 1 aromatic carbocycles. The fraction of sp³-hybridized carbons (Fsp3) is 0.375. The first-order chi connectivity index (χ1) is 9.99. The Kier molecular flexibility index (Phi) is 5.09. The average Bonchev–Trinajstić information content (AvgIpc) is 3.00. The molecule has 1 heterocycles. The van der Waals surface area contributed by atoms with Gasteiger partial charge in [0.1, 0.15) is 5.01 Å². The zero-order chi connectivity index (χ0) is 15.3. The summed E-state index contributed by atoms with van der Waals surface area (Å²) < 4.78 is 0. The molecule has 0 aliphatic heterocycles. The summed E-state index contributed by atoms with van der Waals surface area (Å²) in [5.74, 6) is -0.133. The van der Waals surface area contributed by atoms with Crippen molar-refractivity contribution in [2.45, 2.75) is 38.3 Å². The van der Waals surface area contributed by atoms with Gasteiger partial charge in [0.25, 0.3) is 0 Å². The number of benzene rings is 1. The molecule has 1 aromatic heterocycles. The Balaban J connectivity index is 1.88. The Bertz CT molecular complexity index is 566. The number of aromatic nitrogens is 1. The molecular formula is C16H21N3OS. The first-order valence-corrected chi connectivity index (χ1v) is 7.88. The van der Waals surface area contributed by atoms with E-state index in [0.29, 0.717) is 6.42 Å². The van der Waals surface area contributed by atoms with Crippen LogP contribution in [0, 0.1) is 0 Å². The molecule has 0 aliphatic rings. The molecule has 2 rings (SSSR count). The van der Waals surface area contributed by atoms with Crippen molar-refractivity contribution in [3.8, 4) is 0 Å². The van der Waals surface area contributed by atoms with Gasteiger partial charge < -0.3 is 11.1 Å². The summed E-state index contributed by atoms with van der Waals surface area (Å²) in [6.45, 7) is 3.88.